The summed E-state index contributed by atoms with van der Waals surface area (Å²) in [4.78, 5) is 0.322. The van der Waals surface area contributed by atoms with Gasteiger partial charge in [0.25, 0.3) is 0 Å². The highest BCUT2D eigenvalue weighted by atomic mass is 79.9. The molecule has 2 rings (SSSR count). The van der Waals surface area contributed by atoms with Crippen LogP contribution in [0.3, 0.4) is 0 Å². The summed E-state index contributed by atoms with van der Waals surface area (Å²) < 4.78 is 25.5. The topological polar surface area (TPSA) is 60.2 Å². The second kappa shape index (κ2) is 5.35. The molecule has 0 saturated carbocycles. The van der Waals surface area contributed by atoms with Crippen molar-refractivity contribution in [2.24, 2.45) is 0 Å². The van der Waals surface area contributed by atoms with Gasteiger partial charge in [0.1, 0.15) is 0 Å². The molecular weight excluding hydrogens is 326 g/mol. The van der Waals surface area contributed by atoms with Gasteiger partial charge in [-0.3, -0.25) is 0 Å². The fourth-order valence-electron chi connectivity index (χ4n) is 1.81. The first-order valence-electron chi connectivity index (χ1n) is 5.72. The monoisotopic (exact) mass is 339 g/mol. The van der Waals surface area contributed by atoms with E-state index in [4.69, 9.17) is 5.73 Å². The molecule has 2 aromatic rings. The van der Waals surface area contributed by atoms with Crippen LogP contribution in [0.2, 0.25) is 0 Å². The van der Waals surface area contributed by atoms with Gasteiger partial charge in [0.05, 0.1) is 10.6 Å². The maximum Gasteiger partial charge on any atom is 0.182 e. The van der Waals surface area contributed by atoms with Crippen LogP contribution in [0.1, 0.15) is 11.1 Å². The highest BCUT2D eigenvalue weighted by Crippen LogP contribution is 2.27. The zero-order valence-corrected chi connectivity index (χ0v) is 12.8. The average molecular weight is 340 g/mol. The minimum absolute atomic E-state index is 0.107. The maximum absolute atomic E-state index is 12.4. The Labute approximate surface area is 121 Å². The van der Waals surface area contributed by atoms with Crippen LogP contribution in [0.4, 0.5) is 5.69 Å². The molecule has 0 spiro atoms. The quantitative estimate of drug-likeness (QED) is 0.872. The van der Waals surface area contributed by atoms with Crippen molar-refractivity contribution in [1.29, 1.82) is 0 Å². The lowest BCUT2D eigenvalue weighted by Gasteiger charge is -2.09. The molecule has 0 bridgehead atoms. The van der Waals surface area contributed by atoms with E-state index in [1.807, 2.05) is 13.0 Å². The molecule has 0 fully saturated rings. The van der Waals surface area contributed by atoms with Gasteiger partial charge >= 0.3 is 0 Å². The number of benzene rings is 2. The highest BCUT2D eigenvalue weighted by Gasteiger charge is 2.18. The van der Waals surface area contributed by atoms with Crippen molar-refractivity contribution in [3.8, 4) is 0 Å². The van der Waals surface area contributed by atoms with Crippen LogP contribution >= 0.6 is 15.9 Å². The van der Waals surface area contributed by atoms with Crippen LogP contribution in [0.5, 0.6) is 0 Å². The summed E-state index contributed by atoms with van der Waals surface area (Å²) in [6, 6.07) is 12.2. The Hall–Kier alpha value is -1.33. The Morgan fingerprint density at radius 1 is 1.16 bits per heavy atom. The van der Waals surface area contributed by atoms with Crippen molar-refractivity contribution in [2.45, 2.75) is 17.6 Å². The lowest BCUT2D eigenvalue weighted by molar-refractivity contribution is 0.595. The van der Waals surface area contributed by atoms with Crippen LogP contribution in [-0.2, 0) is 15.6 Å². The summed E-state index contributed by atoms with van der Waals surface area (Å²) in [5.74, 6) is -0.107. The Balaban J connectivity index is 2.42. The number of hydrogen-bond donors (Lipinski definition) is 1. The van der Waals surface area contributed by atoms with Crippen LogP contribution < -0.4 is 5.73 Å². The molecule has 3 nitrogen and oxygen atoms in total. The molecule has 0 aliphatic rings. The van der Waals surface area contributed by atoms with E-state index in [0.29, 0.717) is 20.6 Å². The molecular formula is C14H14BrNO2S. The lowest BCUT2D eigenvalue weighted by atomic mass is 10.2. The van der Waals surface area contributed by atoms with Gasteiger partial charge in [0, 0.05) is 15.7 Å². The zero-order chi connectivity index (χ0) is 14.0. The van der Waals surface area contributed by atoms with Crippen molar-refractivity contribution in [3.63, 3.8) is 0 Å². The summed E-state index contributed by atoms with van der Waals surface area (Å²) in [5, 5.41) is 0. The Bertz CT molecular complexity index is 691. The molecule has 0 heterocycles. The summed E-state index contributed by atoms with van der Waals surface area (Å²) in [5.41, 5.74) is 7.84. The number of aryl methyl sites for hydroxylation is 1. The molecule has 2 N–H and O–H groups in total. The normalized spacial score (nSPS) is 11.5. The molecule has 2 aromatic carbocycles. The third-order valence-electron chi connectivity index (χ3n) is 2.84. The highest BCUT2D eigenvalue weighted by molar-refractivity contribution is 9.10. The molecule has 0 amide bonds. The lowest BCUT2D eigenvalue weighted by Crippen LogP contribution is -2.08. The van der Waals surface area contributed by atoms with Gasteiger partial charge in [-0.05, 0) is 36.8 Å². The summed E-state index contributed by atoms with van der Waals surface area (Å²) >= 11 is 3.34. The molecule has 0 aliphatic carbocycles. The molecule has 0 atom stereocenters. The molecule has 0 saturated heterocycles. The van der Waals surface area contributed by atoms with Crippen molar-refractivity contribution < 1.29 is 8.42 Å². The van der Waals surface area contributed by atoms with E-state index in [0.717, 1.165) is 5.56 Å². The Kier molecular flexibility index (Phi) is 3.96. The first-order chi connectivity index (χ1) is 8.90. The van der Waals surface area contributed by atoms with E-state index in [2.05, 4.69) is 15.9 Å². The minimum Gasteiger partial charge on any atom is -0.398 e. The molecule has 5 heteroatoms. The van der Waals surface area contributed by atoms with Crippen LogP contribution in [0.15, 0.2) is 51.8 Å². The van der Waals surface area contributed by atoms with Crippen molar-refractivity contribution >= 4 is 31.5 Å². The van der Waals surface area contributed by atoms with Crippen LogP contribution in [-0.4, -0.2) is 8.42 Å². The first-order valence-corrected chi connectivity index (χ1v) is 8.17. The van der Waals surface area contributed by atoms with Gasteiger partial charge in [-0.15, -0.1) is 0 Å². The van der Waals surface area contributed by atoms with Crippen molar-refractivity contribution in [3.05, 3.63) is 58.1 Å². The number of anilines is 1. The smallest absolute Gasteiger partial charge is 0.182 e. The standard InChI is InChI=1S/C14H14BrNO2S/c1-10-4-2-5-11(8-10)19(17,18)9-12-13(15)6-3-7-14(12)16/h2-8H,9,16H2,1H3. The number of hydrogen-bond acceptors (Lipinski definition) is 3. The summed E-state index contributed by atoms with van der Waals surface area (Å²) in [6.45, 7) is 1.87. The predicted octanol–water partition coefficient (Wildman–Crippen LogP) is 3.31. The third-order valence-corrected chi connectivity index (χ3v) is 5.22. The Morgan fingerprint density at radius 3 is 2.47 bits per heavy atom. The van der Waals surface area contributed by atoms with E-state index < -0.39 is 9.84 Å². The summed E-state index contributed by atoms with van der Waals surface area (Å²) in [7, 11) is -3.39. The third kappa shape index (κ3) is 3.16. The number of halogens is 1. The number of nitrogen functional groups attached to an aromatic ring is 1. The van der Waals surface area contributed by atoms with Crippen molar-refractivity contribution in [2.75, 3.05) is 5.73 Å². The SMILES string of the molecule is Cc1cccc(S(=O)(=O)Cc2c(N)cccc2Br)c1. The van der Waals surface area contributed by atoms with Gasteiger partial charge in [-0.2, -0.15) is 0 Å². The molecule has 0 aromatic heterocycles. The fourth-order valence-corrected chi connectivity index (χ4v) is 4.04. The summed E-state index contributed by atoms with van der Waals surface area (Å²) in [6.07, 6.45) is 0. The number of nitrogens with two attached hydrogens (primary N) is 1. The van der Waals surface area contributed by atoms with Gasteiger partial charge in [-0.1, -0.05) is 34.1 Å². The average Bonchev–Trinajstić information content (AvgIpc) is 2.34. The van der Waals surface area contributed by atoms with E-state index in [9.17, 15) is 8.42 Å². The van der Waals surface area contributed by atoms with Gasteiger partial charge in [0.2, 0.25) is 0 Å². The molecule has 0 radical (unpaired) electrons. The molecule has 100 valence electrons. The maximum atomic E-state index is 12.4. The second-order valence-electron chi connectivity index (χ2n) is 4.38. The number of rotatable bonds is 3. The first kappa shape index (κ1) is 14.1. The zero-order valence-electron chi connectivity index (χ0n) is 10.4. The molecule has 19 heavy (non-hydrogen) atoms. The molecule has 0 aliphatic heterocycles. The van der Waals surface area contributed by atoms with Crippen LogP contribution in [0, 0.1) is 6.92 Å². The second-order valence-corrected chi connectivity index (χ2v) is 7.23. The fraction of sp³-hybridized carbons (Fsp3) is 0.143. The van der Waals surface area contributed by atoms with Crippen molar-refractivity contribution in [1.82, 2.24) is 0 Å². The van der Waals surface area contributed by atoms with Gasteiger partial charge < -0.3 is 5.73 Å². The van der Waals surface area contributed by atoms with Gasteiger partial charge in [0.15, 0.2) is 9.84 Å². The van der Waals surface area contributed by atoms with Gasteiger partial charge in [-0.25, -0.2) is 8.42 Å². The minimum atomic E-state index is -3.39. The largest absolute Gasteiger partial charge is 0.398 e. The molecule has 0 unspecified atom stereocenters. The van der Waals surface area contributed by atoms with E-state index >= 15 is 0 Å². The predicted molar refractivity (Wildman–Crippen MR) is 80.6 cm³/mol. The van der Waals surface area contributed by atoms with E-state index in [1.165, 1.54) is 0 Å². The Morgan fingerprint density at radius 2 is 1.84 bits per heavy atom. The van der Waals surface area contributed by atoms with E-state index in [1.54, 1.807) is 36.4 Å². The van der Waals surface area contributed by atoms with E-state index in [-0.39, 0.29) is 5.75 Å². The number of sulfone groups is 1. The van der Waals surface area contributed by atoms with Crippen LogP contribution in [0.25, 0.3) is 0 Å².